The van der Waals surface area contributed by atoms with Gasteiger partial charge in [-0.05, 0) is 66.6 Å². The number of benzene rings is 2. The Balaban J connectivity index is 0.000000858. The third-order valence-electron chi connectivity index (χ3n) is 5.83. The number of amides is 1. The van der Waals surface area contributed by atoms with E-state index in [9.17, 15) is 5.26 Å². The van der Waals surface area contributed by atoms with E-state index < -0.39 is 0 Å². The second-order valence-corrected chi connectivity index (χ2v) is 8.45. The quantitative estimate of drug-likeness (QED) is 0.545. The zero-order valence-electron chi connectivity index (χ0n) is 17.6. The van der Waals surface area contributed by atoms with Crippen molar-refractivity contribution in [2.75, 3.05) is 13.2 Å². The summed E-state index contributed by atoms with van der Waals surface area (Å²) in [4.78, 5) is 8.58. The van der Waals surface area contributed by atoms with E-state index in [0.29, 0.717) is 22.9 Å². The molecule has 1 saturated heterocycles. The number of nitriles is 1. The predicted molar refractivity (Wildman–Crippen MR) is 125 cm³/mol. The van der Waals surface area contributed by atoms with E-state index in [1.54, 1.807) is 0 Å². The van der Waals surface area contributed by atoms with Gasteiger partial charge in [0.05, 0.1) is 11.6 Å². The Kier molecular flexibility index (Phi) is 7.61. The third-order valence-corrected chi connectivity index (χ3v) is 6.63. The van der Waals surface area contributed by atoms with Crippen LogP contribution in [0.2, 0.25) is 10.0 Å². The molecule has 0 radical (unpaired) electrons. The Labute approximate surface area is 192 Å². The highest BCUT2D eigenvalue weighted by Gasteiger charge is 2.22. The molecular weight excluding hydrogens is 433 g/mol. The number of primary amides is 1. The van der Waals surface area contributed by atoms with Gasteiger partial charge in [0.1, 0.15) is 0 Å². The van der Waals surface area contributed by atoms with Gasteiger partial charge < -0.3 is 15.0 Å². The maximum atomic E-state index is 9.28. The first kappa shape index (κ1) is 23.1. The van der Waals surface area contributed by atoms with Gasteiger partial charge in [-0.25, -0.2) is 0 Å². The SMILES string of the molecule is Cc1cc(C#N)cc2c1cc(Cc1c(Cl)ccc(C3CCOCC3)c1Cl)n2C.NC=O. The lowest BCUT2D eigenvalue weighted by Crippen LogP contribution is -2.15. The summed E-state index contributed by atoms with van der Waals surface area (Å²) in [5.41, 5.74) is 10.3. The number of ether oxygens (including phenoxy) is 1. The van der Waals surface area contributed by atoms with Gasteiger partial charge in [0.25, 0.3) is 0 Å². The number of carbonyl (C=O) groups is 1. The van der Waals surface area contributed by atoms with Crippen LogP contribution in [0.4, 0.5) is 0 Å². The molecule has 4 rings (SSSR count). The first-order valence-electron chi connectivity index (χ1n) is 10.1. The second kappa shape index (κ2) is 10.2. The molecule has 0 saturated carbocycles. The van der Waals surface area contributed by atoms with Crippen molar-refractivity contribution < 1.29 is 9.53 Å². The molecule has 0 unspecified atom stereocenters. The van der Waals surface area contributed by atoms with E-state index in [1.165, 1.54) is 5.56 Å². The highest BCUT2D eigenvalue weighted by atomic mass is 35.5. The van der Waals surface area contributed by atoms with E-state index in [2.05, 4.69) is 28.5 Å². The standard InChI is InChI=1S/C23H22Cl2N2O.CH3NO/c1-14-9-15(13-26)10-22-19(14)11-17(27(22)2)12-20-21(24)4-3-18(23(20)25)16-5-7-28-8-6-16;2-1-3/h3-4,9-11,16H,5-8,12H2,1-2H3;1H,(H2,2,3). The summed E-state index contributed by atoms with van der Waals surface area (Å²) < 4.78 is 7.63. The van der Waals surface area contributed by atoms with E-state index >= 15 is 0 Å². The molecule has 7 heteroatoms. The van der Waals surface area contributed by atoms with Crippen molar-refractivity contribution in [3.63, 3.8) is 0 Å². The molecule has 1 amide bonds. The summed E-state index contributed by atoms with van der Waals surface area (Å²) in [6.45, 7) is 3.60. The fourth-order valence-corrected chi connectivity index (χ4v) is 4.84. The molecule has 31 heavy (non-hydrogen) atoms. The largest absolute Gasteiger partial charge is 0.381 e. The number of rotatable bonds is 3. The van der Waals surface area contributed by atoms with Crippen LogP contribution < -0.4 is 5.73 Å². The first-order chi connectivity index (χ1) is 14.9. The van der Waals surface area contributed by atoms with Crippen LogP contribution in [0.3, 0.4) is 0 Å². The number of carbonyl (C=O) groups excluding carboxylic acids is 1. The Hall–Kier alpha value is -2.52. The summed E-state index contributed by atoms with van der Waals surface area (Å²) in [6.07, 6.45) is 2.89. The third kappa shape index (κ3) is 4.88. The topological polar surface area (TPSA) is 81.0 Å². The molecule has 0 aliphatic carbocycles. The van der Waals surface area contributed by atoms with Crippen LogP contribution in [-0.4, -0.2) is 24.2 Å². The first-order valence-corrected chi connectivity index (χ1v) is 10.9. The Bertz CT molecular complexity index is 1140. The van der Waals surface area contributed by atoms with Crippen molar-refractivity contribution >= 4 is 40.5 Å². The van der Waals surface area contributed by atoms with Crippen molar-refractivity contribution in [3.05, 3.63) is 68.3 Å². The van der Waals surface area contributed by atoms with Gasteiger partial charge >= 0.3 is 0 Å². The molecular formula is C24H25Cl2N3O2. The smallest absolute Gasteiger partial charge is 0.204 e. The monoisotopic (exact) mass is 457 g/mol. The summed E-state index contributed by atoms with van der Waals surface area (Å²) in [5.74, 6) is 0.421. The van der Waals surface area contributed by atoms with Crippen LogP contribution in [0, 0.1) is 18.3 Å². The molecule has 3 aromatic rings. The molecule has 2 N–H and O–H groups in total. The van der Waals surface area contributed by atoms with E-state index in [1.807, 2.05) is 32.2 Å². The van der Waals surface area contributed by atoms with Crippen LogP contribution >= 0.6 is 23.2 Å². The number of halogens is 2. The number of aryl methyl sites for hydroxylation is 2. The van der Waals surface area contributed by atoms with Gasteiger partial charge in [0.15, 0.2) is 0 Å². The van der Waals surface area contributed by atoms with E-state index in [0.717, 1.165) is 58.8 Å². The lowest BCUT2D eigenvalue weighted by molar-refractivity contribution is -0.106. The fraction of sp³-hybridized carbons (Fsp3) is 0.333. The molecule has 1 aromatic heterocycles. The molecule has 2 aromatic carbocycles. The summed E-state index contributed by atoms with van der Waals surface area (Å²) in [5, 5.41) is 11.9. The van der Waals surface area contributed by atoms with Gasteiger partial charge in [0, 0.05) is 53.3 Å². The number of fused-ring (bicyclic) bond motifs is 1. The molecule has 162 valence electrons. The van der Waals surface area contributed by atoms with Crippen LogP contribution in [-0.2, 0) is 23.0 Å². The summed E-state index contributed by atoms with van der Waals surface area (Å²) in [6, 6.07) is 12.3. The maximum Gasteiger partial charge on any atom is 0.204 e. The number of hydrogen-bond acceptors (Lipinski definition) is 3. The van der Waals surface area contributed by atoms with Crippen LogP contribution in [0.5, 0.6) is 0 Å². The Morgan fingerprint density at radius 1 is 1.26 bits per heavy atom. The predicted octanol–water partition coefficient (Wildman–Crippen LogP) is 5.25. The highest BCUT2D eigenvalue weighted by Crippen LogP contribution is 2.38. The van der Waals surface area contributed by atoms with Gasteiger partial charge in [-0.15, -0.1) is 0 Å². The highest BCUT2D eigenvalue weighted by molar-refractivity contribution is 6.36. The summed E-state index contributed by atoms with van der Waals surface area (Å²) in [7, 11) is 2.03. The normalized spacial score (nSPS) is 14.0. The average molecular weight is 458 g/mol. The van der Waals surface area contributed by atoms with Gasteiger partial charge in [-0.3, -0.25) is 4.79 Å². The lowest BCUT2D eigenvalue weighted by atomic mass is 9.90. The average Bonchev–Trinajstić information content (AvgIpc) is 3.08. The lowest BCUT2D eigenvalue weighted by Gasteiger charge is -2.24. The van der Waals surface area contributed by atoms with Crippen molar-refractivity contribution in [2.24, 2.45) is 12.8 Å². The van der Waals surface area contributed by atoms with Gasteiger partial charge in [-0.1, -0.05) is 29.3 Å². The Morgan fingerprint density at radius 2 is 1.94 bits per heavy atom. The molecule has 0 spiro atoms. The van der Waals surface area contributed by atoms with Crippen molar-refractivity contribution in [3.8, 4) is 6.07 Å². The minimum atomic E-state index is 0.250. The van der Waals surface area contributed by atoms with Gasteiger partial charge in [-0.2, -0.15) is 5.26 Å². The summed E-state index contributed by atoms with van der Waals surface area (Å²) >= 11 is 13.4. The number of hydrogen-bond donors (Lipinski definition) is 1. The van der Waals surface area contributed by atoms with E-state index in [4.69, 9.17) is 32.7 Å². The second-order valence-electron chi connectivity index (χ2n) is 7.66. The minimum absolute atomic E-state index is 0.250. The van der Waals surface area contributed by atoms with Crippen molar-refractivity contribution in [1.29, 1.82) is 5.26 Å². The molecule has 0 atom stereocenters. The van der Waals surface area contributed by atoms with Gasteiger partial charge in [0.2, 0.25) is 6.41 Å². The van der Waals surface area contributed by atoms with Crippen LogP contribution in [0.15, 0.2) is 30.3 Å². The zero-order chi connectivity index (χ0) is 22.5. The molecule has 0 bridgehead atoms. The van der Waals surface area contributed by atoms with Crippen molar-refractivity contribution in [2.45, 2.75) is 32.1 Å². The molecule has 2 heterocycles. The fourth-order valence-electron chi connectivity index (χ4n) is 4.18. The van der Waals surface area contributed by atoms with Crippen LogP contribution in [0.25, 0.3) is 10.9 Å². The molecule has 5 nitrogen and oxygen atoms in total. The molecule has 1 aliphatic rings. The number of nitrogens with two attached hydrogens (primary N) is 1. The number of nitrogens with zero attached hydrogens (tertiary/aromatic N) is 2. The van der Waals surface area contributed by atoms with Crippen LogP contribution in [0.1, 0.15) is 46.7 Å². The Morgan fingerprint density at radius 3 is 2.58 bits per heavy atom. The molecule has 1 fully saturated rings. The minimum Gasteiger partial charge on any atom is -0.381 e. The van der Waals surface area contributed by atoms with Crippen molar-refractivity contribution in [1.82, 2.24) is 4.57 Å². The zero-order valence-corrected chi connectivity index (χ0v) is 19.1. The maximum absolute atomic E-state index is 9.28. The molecule has 1 aliphatic heterocycles. The van der Waals surface area contributed by atoms with E-state index in [-0.39, 0.29) is 6.41 Å². The number of aromatic nitrogens is 1.